The summed E-state index contributed by atoms with van der Waals surface area (Å²) in [5.74, 6) is 0.633. The molecule has 0 saturated heterocycles. The SMILES string of the molecule is CCCC(C)(Cl)C(C)CC. The smallest absolute Gasteiger partial charge is 0.0444 e. The molecule has 0 heterocycles. The lowest BCUT2D eigenvalue weighted by molar-refractivity contribution is 0.385. The van der Waals surface area contributed by atoms with Crippen molar-refractivity contribution >= 4 is 11.6 Å². The lowest BCUT2D eigenvalue weighted by Gasteiger charge is -2.27. The maximum Gasteiger partial charge on any atom is 0.0444 e. The average molecular weight is 163 g/mol. The van der Waals surface area contributed by atoms with Gasteiger partial charge in [-0.3, -0.25) is 0 Å². The molecule has 0 aliphatic heterocycles. The van der Waals surface area contributed by atoms with Crippen LogP contribution in [0.5, 0.6) is 0 Å². The lowest BCUT2D eigenvalue weighted by Crippen LogP contribution is -2.25. The van der Waals surface area contributed by atoms with Crippen LogP contribution in [-0.4, -0.2) is 4.87 Å². The van der Waals surface area contributed by atoms with E-state index in [0.29, 0.717) is 5.92 Å². The van der Waals surface area contributed by atoms with Crippen molar-refractivity contribution in [1.29, 1.82) is 0 Å². The van der Waals surface area contributed by atoms with Crippen LogP contribution in [0.2, 0.25) is 0 Å². The van der Waals surface area contributed by atoms with Crippen molar-refractivity contribution in [3.63, 3.8) is 0 Å². The summed E-state index contributed by atoms with van der Waals surface area (Å²) >= 11 is 6.29. The fourth-order valence-corrected chi connectivity index (χ4v) is 1.50. The molecule has 0 aliphatic rings. The van der Waals surface area contributed by atoms with Gasteiger partial charge in [-0.25, -0.2) is 0 Å². The van der Waals surface area contributed by atoms with E-state index in [1.807, 2.05) is 0 Å². The van der Waals surface area contributed by atoms with Crippen molar-refractivity contribution < 1.29 is 0 Å². The molecule has 0 bridgehead atoms. The van der Waals surface area contributed by atoms with Gasteiger partial charge in [-0.1, -0.05) is 33.6 Å². The molecule has 62 valence electrons. The molecule has 0 fully saturated rings. The first-order valence-electron chi connectivity index (χ1n) is 4.23. The molecule has 0 amide bonds. The predicted molar refractivity (Wildman–Crippen MR) is 48.6 cm³/mol. The third kappa shape index (κ3) is 2.92. The minimum Gasteiger partial charge on any atom is -0.119 e. The minimum atomic E-state index is 0.0313. The topological polar surface area (TPSA) is 0 Å². The van der Waals surface area contributed by atoms with Crippen LogP contribution in [0.15, 0.2) is 0 Å². The van der Waals surface area contributed by atoms with Crippen LogP contribution in [0.1, 0.15) is 47.0 Å². The number of rotatable bonds is 4. The summed E-state index contributed by atoms with van der Waals surface area (Å²) in [6.45, 7) is 8.75. The summed E-state index contributed by atoms with van der Waals surface area (Å²) in [7, 11) is 0. The Morgan fingerprint density at radius 3 is 2.20 bits per heavy atom. The lowest BCUT2D eigenvalue weighted by atomic mass is 9.89. The van der Waals surface area contributed by atoms with E-state index in [1.165, 1.54) is 12.8 Å². The fraction of sp³-hybridized carbons (Fsp3) is 1.00. The second-order valence-electron chi connectivity index (χ2n) is 3.34. The van der Waals surface area contributed by atoms with Crippen LogP contribution in [0.25, 0.3) is 0 Å². The molecule has 0 aromatic rings. The molecule has 0 aliphatic carbocycles. The second-order valence-corrected chi connectivity index (χ2v) is 4.20. The van der Waals surface area contributed by atoms with Crippen molar-refractivity contribution in [2.75, 3.05) is 0 Å². The predicted octanol–water partition coefficient (Wildman–Crippen LogP) is 3.83. The Morgan fingerprint density at radius 2 is 1.90 bits per heavy atom. The van der Waals surface area contributed by atoms with Gasteiger partial charge in [0.1, 0.15) is 0 Å². The van der Waals surface area contributed by atoms with Gasteiger partial charge in [0, 0.05) is 4.87 Å². The number of halogens is 1. The maximum absolute atomic E-state index is 6.29. The van der Waals surface area contributed by atoms with E-state index in [9.17, 15) is 0 Å². The normalized spacial score (nSPS) is 20.1. The van der Waals surface area contributed by atoms with Crippen LogP contribution in [0.3, 0.4) is 0 Å². The molecule has 0 rings (SSSR count). The van der Waals surface area contributed by atoms with Crippen LogP contribution in [-0.2, 0) is 0 Å². The quantitative estimate of drug-likeness (QED) is 0.552. The van der Waals surface area contributed by atoms with Gasteiger partial charge < -0.3 is 0 Å². The van der Waals surface area contributed by atoms with Gasteiger partial charge in [-0.05, 0) is 19.3 Å². The van der Waals surface area contributed by atoms with Crippen molar-refractivity contribution in [3.05, 3.63) is 0 Å². The highest BCUT2D eigenvalue weighted by molar-refractivity contribution is 6.23. The molecule has 0 aromatic carbocycles. The highest BCUT2D eigenvalue weighted by atomic mass is 35.5. The van der Waals surface area contributed by atoms with Gasteiger partial charge in [-0.15, -0.1) is 11.6 Å². The molecule has 2 unspecified atom stereocenters. The van der Waals surface area contributed by atoms with E-state index < -0.39 is 0 Å². The Morgan fingerprint density at radius 1 is 1.40 bits per heavy atom. The van der Waals surface area contributed by atoms with E-state index in [0.717, 1.165) is 6.42 Å². The number of hydrogen-bond donors (Lipinski definition) is 0. The maximum atomic E-state index is 6.29. The van der Waals surface area contributed by atoms with Gasteiger partial charge >= 0.3 is 0 Å². The van der Waals surface area contributed by atoms with Gasteiger partial charge in [0.15, 0.2) is 0 Å². The first-order chi connectivity index (χ1) is 4.54. The molecule has 2 atom stereocenters. The summed E-state index contributed by atoms with van der Waals surface area (Å²) in [4.78, 5) is 0.0313. The zero-order chi connectivity index (χ0) is 8.20. The Balaban J connectivity index is 3.82. The number of alkyl halides is 1. The molecule has 0 N–H and O–H groups in total. The Hall–Kier alpha value is 0.290. The Labute approximate surface area is 70.0 Å². The molecule has 1 heteroatoms. The van der Waals surface area contributed by atoms with E-state index in [-0.39, 0.29) is 4.87 Å². The van der Waals surface area contributed by atoms with Crippen molar-refractivity contribution in [1.82, 2.24) is 0 Å². The van der Waals surface area contributed by atoms with Crippen LogP contribution < -0.4 is 0 Å². The standard InChI is InChI=1S/C9H19Cl/c1-5-7-9(4,10)8(3)6-2/h8H,5-7H2,1-4H3. The average Bonchev–Trinajstić information content (AvgIpc) is 1.86. The van der Waals surface area contributed by atoms with Crippen LogP contribution >= 0.6 is 11.6 Å². The van der Waals surface area contributed by atoms with E-state index in [2.05, 4.69) is 27.7 Å². The molecule has 0 saturated carbocycles. The van der Waals surface area contributed by atoms with Gasteiger partial charge in [0.05, 0.1) is 0 Å². The fourth-order valence-electron chi connectivity index (χ4n) is 1.16. The third-order valence-electron chi connectivity index (χ3n) is 2.38. The highest BCUT2D eigenvalue weighted by Crippen LogP contribution is 2.31. The monoisotopic (exact) mass is 162 g/mol. The van der Waals surface area contributed by atoms with E-state index in [4.69, 9.17) is 11.6 Å². The van der Waals surface area contributed by atoms with Gasteiger partial charge in [-0.2, -0.15) is 0 Å². The molecule has 0 nitrogen and oxygen atoms in total. The molecular weight excluding hydrogens is 144 g/mol. The zero-order valence-corrected chi connectivity index (χ0v) is 8.33. The van der Waals surface area contributed by atoms with Crippen molar-refractivity contribution in [2.45, 2.75) is 51.8 Å². The van der Waals surface area contributed by atoms with Crippen LogP contribution in [0, 0.1) is 5.92 Å². The molecule has 0 radical (unpaired) electrons. The number of hydrogen-bond acceptors (Lipinski definition) is 0. The van der Waals surface area contributed by atoms with Crippen LogP contribution in [0.4, 0.5) is 0 Å². The molecule has 0 spiro atoms. The van der Waals surface area contributed by atoms with Gasteiger partial charge in [0.25, 0.3) is 0 Å². The summed E-state index contributed by atoms with van der Waals surface area (Å²) in [5, 5.41) is 0. The zero-order valence-electron chi connectivity index (χ0n) is 7.58. The summed E-state index contributed by atoms with van der Waals surface area (Å²) < 4.78 is 0. The van der Waals surface area contributed by atoms with Crippen molar-refractivity contribution in [3.8, 4) is 0 Å². The van der Waals surface area contributed by atoms with E-state index >= 15 is 0 Å². The largest absolute Gasteiger partial charge is 0.119 e. The van der Waals surface area contributed by atoms with E-state index in [1.54, 1.807) is 0 Å². The first kappa shape index (κ1) is 10.3. The summed E-state index contributed by atoms with van der Waals surface area (Å²) in [6, 6.07) is 0. The Kier molecular flexibility index (Phi) is 4.35. The Bertz CT molecular complexity index is 86.7. The molecule has 10 heavy (non-hydrogen) atoms. The van der Waals surface area contributed by atoms with Gasteiger partial charge in [0.2, 0.25) is 0 Å². The van der Waals surface area contributed by atoms with Crippen molar-refractivity contribution in [2.24, 2.45) is 5.92 Å². The third-order valence-corrected chi connectivity index (χ3v) is 2.94. The first-order valence-corrected chi connectivity index (χ1v) is 4.61. The molecular formula is C9H19Cl. The summed E-state index contributed by atoms with van der Waals surface area (Å²) in [6.07, 6.45) is 3.49. The molecule has 0 aromatic heterocycles. The minimum absolute atomic E-state index is 0.0313. The highest BCUT2D eigenvalue weighted by Gasteiger charge is 2.25. The summed E-state index contributed by atoms with van der Waals surface area (Å²) in [5.41, 5.74) is 0. The second kappa shape index (κ2) is 4.23.